The third-order valence-corrected chi connectivity index (χ3v) is 8.25. The van der Waals surface area contributed by atoms with Crippen molar-refractivity contribution in [2.75, 3.05) is 0 Å². The Morgan fingerprint density at radius 3 is 1.68 bits per heavy atom. The van der Waals surface area contributed by atoms with E-state index in [-0.39, 0.29) is 0 Å². The van der Waals surface area contributed by atoms with Crippen LogP contribution in [0.1, 0.15) is 0 Å². The summed E-state index contributed by atoms with van der Waals surface area (Å²) < 4.78 is 5.97. The molecule has 0 unspecified atom stereocenters. The van der Waals surface area contributed by atoms with Crippen LogP contribution in [0.25, 0.3) is 89.7 Å². The van der Waals surface area contributed by atoms with Crippen molar-refractivity contribution in [2.45, 2.75) is 0 Å². The number of rotatable bonds is 5. The van der Waals surface area contributed by atoms with E-state index in [0.717, 1.165) is 60.8 Å². The van der Waals surface area contributed by atoms with Crippen molar-refractivity contribution in [1.29, 1.82) is 0 Å². The molecule has 0 spiro atoms. The lowest BCUT2D eigenvalue weighted by Gasteiger charge is -2.12. The minimum atomic E-state index is 0.592. The monoisotopic (exact) mass is 604 g/mol. The largest absolute Gasteiger partial charge is 0.453 e. The second-order valence-electron chi connectivity index (χ2n) is 11.2. The lowest BCUT2D eigenvalue weighted by Crippen LogP contribution is -2.00. The molecule has 7 nitrogen and oxygen atoms in total. The average Bonchev–Trinajstić information content (AvgIpc) is 3.53. The van der Waals surface area contributed by atoms with E-state index in [1.807, 2.05) is 115 Å². The number of furan rings is 1. The Hall–Kier alpha value is -6.60. The van der Waals surface area contributed by atoms with Crippen molar-refractivity contribution in [3.63, 3.8) is 0 Å². The van der Waals surface area contributed by atoms with E-state index in [0.29, 0.717) is 28.9 Å². The number of para-hydroxylation sites is 1. The van der Waals surface area contributed by atoms with Gasteiger partial charge in [0.2, 0.25) is 0 Å². The quantitative estimate of drug-likeness (QED) is 0.193. The Labute approximate surface area is 269 Å². The fourth-order valence-corrected chi connectivity index (χ4v) is 5.98. The number of aromatic nitrogens is 6. The highest BCUT2D eigenvalue weighted by Gasteiger charge is 2.17. The van der Waals surface area contributed by atoms with E-state index >= 15 is 0 Å². The zero-order valence-corrected chi connectivity index (χ0v) is 24.9. The van der Waals surface area contributed by atoms with Gasteiger partial charge in [-0.25, -0.2) is 24.9 Å². The molecule has 0 saturated carbocycles. The van der Waals surface area contributed by atoms with Gasteiger partial charge in [-0.15, -0.1) is 0 Å². The van der Waals surface area contributed by atoms with Crippen molar-refractivity contribution in [3.05, 3.63) is 146 Å². The fourth-order valence-electron chi connectivity index (χ4n) is 5.98. The summed E-state index contributed by atoms with van der Waals surface area (Å²) >= 11 is 0. The van der Waals surface area contributed by atoms with Gasteiger partial charge in [0.25, 0.3) is 0 Å². The molecule has 0 bridgehead atoms. The van der Waals surface area contributed by atoms with Crippen LogP contribution in [0.5, 0.6) is 0 Å². The van der Waals surface area contributed by atoms with Crippen molar-refractivity contribution < 1.29 is 4.42 Å². The molecule has 220 valence electrons. The molecule has 0 fully saturated rings. The van der Waals surface area contributed by atoms with Gasteiger partial charge in [0.15, 0.2) is 28.9 Å². The normalized spacial score (nSPS) is 11.4. The first kappa shape index (κ1) is 26.8. The second kappa shape index (κ2) is 11.1. The number of pyridine rings is 1. The van der Waals surface area contributed by atoms with E-state index in [1.54, 1.807) is 6.20 Å². The maximum Gasteiger partial charge on any atom is 0.172 e. The van der Waals surface area contributed by atoms with E-state index in [2.05, 4.69) is 29.2 Å². The summed E-state index contributed by atoms with van der Waals surface area (Å²) in [6, 6.07) is 44.3. The number of benzene rings is 5. The van der Waals surface area contributed by atoms with Gasteiger partial charge in [-0.3, -0.25) is 4.98 Å². The molecule has 47 heavy (non-hydrogen) atoms. The predicted octanol–water partition coefficient (Wildman–Crippen LogP) is 9.44. The Morgan fingerprint density at radius 1 is 0.383 bits per heavy atom. The zero-order chi connectivity index (χ0) is 31.2. The summed E-state index contributed by atoms with van der Waals surface area (Å²) in [5.74, 6) is 2.43. The molecule has 0 amide bonds. The van der Waals surface area contributed by atoms with Gasteiger partial charge in [0.05, 0.1) is 11.9 Å². The van der Waals surface area contributed by atoms with Crippen LogP contribution in [0, 0.1) is 0 Å². The standard InChI is InChI=1S/C40H24N6O/c1-3-12-25(13-4-1)37-44-38(26-14-5-2-6-15-26)46-39(45-37)28-17-11-16-27(22-28)35-30-19-8-7-18-29(30)32(23-41-35)40-42-24-34-36(43-40)31-20-9-10-21-33(31)47-34/h1-24H. The molecule has 0 radical (unpaired) electrons. The zero-order valence-electron chi connectivity index (χ0n) is 24.9. The molecule has 4 aromatic heterocycles. The Balaban J connectivity index is 1.17. The molecule has 0 atom stereocenters. The minimum absolute atomic E-state index is 0.592. The van der Waals surface area contributed by atoms with Gasteiger partial charge in [-0.1, -0.05) is 115 Å². The fraction of sp³-hybridized carbons (Fsp3) is 0. The van der Waals surface area contributed by atoms with Crippen LogP contribution < -0.4 is 0 Å². The molecular weight excluding hydrogens is 580 g/mol. The highest BCUT2D eigenvalue weighted by molar-refractivity contribution is 6.05. The molecule has 5 aromatic carbocycles. The summed E-state index contributed by atoms with van der Waals surface area (Å²) in [7, 11) is 0. The lowest BCUT2D eigenvalue weighted by molar-refractivity contribution is 0.666. The van der Waals surface area contributed by atoms with Gasteiger partial charge in [-0.2, -0.15) is 0 Å². The number of nitrogens with zero attached hydrogens (tertiary/aromatic N) is 6. The molecule has 9 aromatic rings. The number of fused-ring (bicyclic) bond motifs is 4. The van der Waals surface area contributed by atoms with Crippen LogP contribution in [-0.4, -0.2) is 29.9 Å². The van der Waals surface area contributed by atoms with E-state index < -0.39 is 0 Å². The maximum atomic E-state index is 5.97. The van der Waals surface area contributed by atoms with Crippen LogP contribution in [0.3, 0.4) is 0 Å². The van der Waals surface area contributed by atoms with Gasteiger partial charge in [-0.05, 0) is 23.6 Å². The average molecular weight is 605 g/mol. The maximum absolute atomic E-state index is 5.97. The molecule has 0 aliphatic rings. The van der Waals surface area contributed by atoms with Crippen molar-refractivity contribution >= 4 is 32.8 Å². The van der Waals surface area contributed by atoms with E-state index in [9.17, 15) is 0 Å². The van der Waals surface area contributed by atoms with Gasteiger partial charge in [0, 0.05) is 44.8 Å². The summed E-state index contributed by atoms with van der Waals surface area (Å²) in [6.07, 6.45) is 3.60. The van der Waals surface area contributed by atoms with Crippen molar-refractivity contribution in [2.24, 2.45) is 0 Å². The third-order valence-electron chi connectivity index (χ3n) is 8.25. The van der Waals surface area contributed by atoms with Gasteiger partial charge in [0.1, 0.15) is 11.1 Å². The number of hydrogen-bond donors (Lipinski definition) is 0. The number of hydrogen-bond acceptors (Lipinski definition) is 7. The SMILES string of the molecule is c1ccc(-c2nc(-c3ccccc3)nc(-c3cccc(-c4ncc(-c5ncc6oc7ccccc7c6n5)c5ccccc45)c3)n2)cc1. The molecule has 9 rings (SSSR count). The molecule has 0 aliphatic heterocycles. The topological polar surface area (TPSA) is 90.5 Å². The van der Waals surface area contributed by atoms with Crippen molar-refractivity contribution in [1.82, 2.24) is 29.9 Å². The van der Waals surface area contributed by atoms with Gasteiger partial charge >= 0.3 is 0 Å². The van der Waals surface area contributed by atoms with E-state index in [1.165, 1.54) is 0 Å². The molecule has 4 heterocycles. The molecule has 0 saturated heterocycles. The Morgan fingerprint density at radius 2 is 0.957 bits per heavy atom. The molecule has 0 aliphatic carbocycles. The predicted molar refractivity (Wildman–Crippen MR) is 185 cm³/mol. The third kappa shape index (κ3) is 4.78. The van der Waals surface area contributed by atoms with Crippen LogP contribution in [0.15, 0.2) is 150 Å². The van der Waals surface area contributed by atoms with Crippen LogP contribution in [0.4, 0.5) is 0 Å². The van der Waals surface area contributed by atoms with Crippen LogP contribution in [0.2, 0.25) is 0 Å². The summed E-state index contributed by atoms with van der Waals surface area (Å²) in [5.41, 5.74) is 7.61. The highest BCUT2D eigenvalue weighted by atomic mass is 16.3. The first-order valence-corrected chi connectivity index (χ1v) is 15.3. The molecular formula is C40H24N6O. The Bertz CT molecular complexity index is 2520. The smallest absolute Gasteiger partial charge is 0.172 e. The molecule has 7 heteroatoms. The first-order valence-electron chi connectivity index (χ1n) is 15.3. The first-order chi connectivity index (χ1) is 23.3. The highest BCUT2D eigenvalue weighted by Crippen LogP contribution is 2.35. The van der Waals surface area contributed by atoms with Gasteiger partial charge < -0.3 is 4.42 Å². The molecule has 0 N–H and O–H groups in total. The van der Waals surface area contributed by atoms with E-state index in [4.69, 9.17) is 29.3 Å². The van der Waals surface area contributed by atoms with Crippen molar-refractivity contribution in [3.8, 4) is 56.8 Å². The summed E-state index contributed by atoms with van der Waals surface area (Å²) in [5, 5.41) is 2.96. The minimum Gasteiger partial charge on any atom is -0.453 e. The van der Waals surface area contributed by atoms with Crippen LogP contribution in [-0.2, 0) is 0 Å². The lowest BCUT2D eigenvalue weighted by atomic mass is 9.99. The second-order valence-corrected chi connectivity index (χ2v) is 11.2. The van der Waals surface area contributed by atoms with Crippen LogP contribution >= 0.6 is 0 Å². The summed E-state index contributed by atoms with van der Waals surface area (Å²) in [4.78, 5) is 29.3. The Kier molecular flexibility index (Phi) is 6.31. The summed E-state index contributed by atoms with van der Waals surface area (Å²) in [6.45, 7) is 0.